The zero-order valence-corrected chi connectivity index (χ0v) is 9.10. The van der Waals surface area contributed by atoms with Crippen LogP contribution in [-0.2, 0) is 4.74 Å². The van der Waals surface area contributed by atoms with Crippen molar-refractivity contribution in [2.24, 2.45) is 0 Å². The van der Waals surface area contributed by atoms with Crippen molar-refractivity contribution in [3.05, 3.63) is 23.8 Å². The second kappa shape index (κ2) is 5.97. The Kier molecular flexibility index (Phi) is 4.60. The SMILES string of the molecule is CCOCCOc1c(N)cccc1C(=O)O. The Labute approximate surface area is 93.8 Å². The Hall–Kier alpha value is -1.75. The molecule has 1 aromatic carbocycles. The number of anilines is 1. The van der Waals surface area contributed by atoms with Gasteiger partial charge in [-0.15, -0.1) is 0 Å². The summed E-state index contributed by atoms with van der Waals surface area (Å²) in [6.07, 6.45) is 0. The van der Waals surface area contributed by atoms with Gasteiger partial charge >= 0.3 is 5.97 Å². The second-order valence-corrected chi connectivity index (χ2v) is 3.07. The number of para-hydroxylation sites is 1. The largest absolute Gasteiger partial charge is 0.488 e. The molecule has 0 fully saturated rings. The zero-order chi connectivity index (χ0) is 12.0. The molecule has 5 heteroatoms. The summed E-state index contributed by atoms with van der Waals surface area (Å²) in [6.45, 7) is 3.16. The van der Waals surface area contributed by atoms with E-state index in [4.69, 9.17) is 20.3 Å². The van der Waals surface area contributed by atoms with E-state index in [9.17, 15) is 4.79 Å². The summed E-state index contributed by atoms with van der Waals surface area (Å²) in [7, 11) is 0. The van der Waals surface area contributed by atoms with Gasteiger partial charge in [-0.3, -0.25) is 0 Å². The first-order valence-corrected chi connectivity index (χ1v) is 4.99. The van der Waals surface area contributed by atoms with Crippen molar-refractivity contribution in [2.75, 3.05) is 25.6 Å². The van der Waals surface area contributed by atoms with Crippen LogP contribution in [0.5, 0.6) is 5.75 Å². The molecule has 0 aliphatic carbocycles. The van der Waals surface area contributed by atoms with Crippen LogP contribution in [0.15, 0.2) is 18.2 Å². The van der Waals surface area contributed by atoms with E-state index in [1.807, 2.05) is 6.92 Å². The molecule has 0 spiro atoms. The maximum absolute atomic E-state index is 10.9. The van der Waals surface area contributed by atoms with Crippen LogP contribution in [0.2, 0.25) is 0 Å². The number of carbonyl (C=O) groups is 1. The van der Waals surface area contributed by atoms with Crippen molar-refractivity contribution >= 4 is 11.7 Å². The van der Waals surface area contributed by atoms with E-state index in [0.717, 1.165) is 0 Å². The van der Waals surface area contributed by atoms with Crippen LogP contribution in [0.25, 0.3) is 0 Å². The van der Waals surface area contributed by atoms with Crippen molar-refractivity contribution in [3.8, 4) is 5.75 Å². The quantitative estimate of drug-likeness (QED) is 0.564. The number of benzene rings is 1. The third-order valence-electron chi connectivity index (χ3n) is 1.95. The summed E-state index contributed by atoms with van der Waals surface area (Å²) >= 11 is 0. The zero-order valence-electron chi connectivity index (χ0n) is 9.10. The molecule has 1 aromatic rings. The molecule has 0 aromatic heterocycles. The molecule has 0 saturated heterocycles. The smallest absolute Gasteiger partial charge is 0.339 e. The number of carboxylic acid groups (broad SMARTS) is 1. The molecule has 1 rings (SSSR count). The molecular formula is C11H15NO4. The molecule has 0 amide bonds. The minimum absolute atomic E-state index is 0.0662. The predicted molar refractivity (Wildman–Crippen MR) is 59.8 cm³/mol. The number of ether oxygens (including phenoxy) is 2. The molecule has 0 bridgehead atoms. The van der Waals surface area contributed by atoms with Gasteiger partial charge in [0, 0.05) is 6.61 Å². The van der Waals surface area contributed by atoms with Crippen molar-refractivity contribution < 1.29 is 19.4 Å². The van der Waals surface area contributed by atoms with Crippen molar-refractivity contribution in [2.45, 2.75) is 6.92 Å². The lowest BCUT2D eigenvalue weighted by molar-refractivity contribution is 0.0687. The first-order valence-electron chi connectivity index (χ1n) is 4.99. The fourth-order valence-electron chi connectivity index (χ4n) is 1.23. The highest BCUT2D eigenvalue weighted by Gasteiger charge is 2.13. The van der Waals surface area contributed by atoms with Gasteiger partial charge < -0.3 is 20.3 Å². The highest BCUT2D eigenvalue weighted by Crippen LogP contribution is 2.26. The minimum Gasteiger partial charge on any atom is -0.488 e. The van der Waals surface area contributed by atoms with Crippen LogP contribution in [0.1, 0.15) is 17.3 Å². The van der Waals surface area contributed by atoms with Gasteiger partial charge in [0.15, 0.2) is 5.75 Å². The number of rotatable bonds is 6. The molecule has 0 radical (unpaired) electrons. The molecule has 0 aliphatic heterocycles. The topological polar surface area (TPSA) is 81.8 Å². The number of hydrogen-bond acceptors (Lipinski definition) is 4. The van der Waals surface area contributed by atoms with Crippen LogP contribution in [0.3, 0.4) is 0 Å². The van der Waals surface area contributed by atoms with Gasteiger partial charge in [0.1, 0.15) is 12.2 Å². The first kappa shape index (κ1) is 12.3. The third-order valence-corrected chi connectivity index (χ3v) is 1.95. The van der Waals surface area contributed by atoms with Crippen LogP contribution in [0, 0.1) is 0 Å². The minimum atomic E-state index is -1.06. The van der Waals surface area contributed by atoms with E-state index < -0.39 is 5.97 Å². The van der Waals surface area contributed by atoms with Gasteiger partial charge in [-0.05, 0) is 19.1 Å². The molecule has 5 nitrogen and oxygen atoms in total. The van der Waals surface area contributed by atoms with Crippen molar-refractivity contribution in [3.63, 3.8) is 0 Å². The Morgan fingerprint density at radius 1 is 1.44 bits per heavy atom. The van der Waals surface area contributed by atoms with Crippen molar-refractivity contribution in [1.29, 1.82) is 0 Å². The Balaban J connectivity index is 2.73. The fourth-order valence-corrected chi connectivity index (χ4v) is 1.23. The maximum atomic E-state index is 10.9. The highest BCUT2D eigenvalue weighted by molar-refractivity contribution is 5.93. The highest BCUT2D eigenvalue weighted by atomic mass is 16.5. The van der Waals surface area contributed by atoms with Crippen LogP contribution >= 0.6 is 0 Å². The molecule has 0 unspecified atom stereocenters. The Morgan fingerprint density at radius 2 is 2.19 bits per heavy atom. The molecular weight excluding hydrogens is 210 g/mol. The number of aromatic carboxylic acids is 1. The summed E-state index contributed by atoms with van der Waals surface area (Å²) in [5.74, 6) is -0.853. The predicted octanol–water partition coefficient (Wildman–Crippen LogP) is 1.38. The first-order chi connectivity index (χ1) is 7.66. The van der Waals surface area contributed by atoms with E-state index in [1.54, 1.807) is 12.1 Å². The van der Waals surface area contributed by atoms with Crippen LogP contribution < -0.4 is 10.5 Å². The summed E-state index contributed by atoms with van der Waals surface area (Å²) in [5, 5.41) is 8.93. The number of nitrogen functional groups attached to an aromatic ring is 1. The normalized spacial score (nSPS) is 10.1. The fraction of sp³-hybridized carbons (Fsp3) is 0.364. The van der Waals surface area contributed by atoms with Crippen molar-refractivity contribution in [1.82, 2.24) is 0 Å². The van der Waals surface area contributed by atoms with Gasteiger partial charge in [-0.2, -0.15) is 0 Å². The van der Waals surface area contributed by atoms with Gasteiger partial charge in [0.2, 0.25) is 0 Å². The lowest BCUT2D eigenvalue weighted by Gasteiger charge is -2.11. The maximum Gasteiger partial charge on any atom is 0.339 e. The summed E-state index contributed by atoms with van der Waals surface area (Å²) in [6, 6.07) is 4.63. The van der Waals surface area contributed by atoms with Gasteiger partial charge in [-0.1, -0.05) is 6.07 Å². The van der Waals surface area contributed by atoms with Gasteiger partial charge in [-0.25, -0.2) is 4.79 Å². The molecule has 88 valence electrons. The molecule has 0 aliphatic rings. The second-order valence-electron chi connectivity index (χ2n) is 3.07. The summed E-state index contributed by atoms with van der Waals surface area (Å²) in [5.41, 5.74) is 6.03. The van der Waals surface area contributed by atoms with E-state index in [-0.39, 0.29) is 17.9 Å². The molecule has 0 atom stereocenters. The van der Waals surface area contributed by atoms with E-state index in [2.05, 4.69) is 0 Å². The number of hydrogen-bond donors (Lipinski definition) is 2. The average molecular weight is 225 g/mol. The average Bonchev–Trinajstić information content (AvgIpc) is 2.25. The monoisotopic (exact) mass is 225 g/mol. The van der Waals surface area contributed by atoms with Gasteiger partial charge in [0.05, 0.1) is 12.3 Å². The van der Waals surface area contributed by atoms with Crippen LogP contribution in [0.4, 0.5) is 5.69 Å². The summed E-state index contributed by atoms with van der Waals surface area (Å²) in [4.78, 5) is 10.9. The van der Waals surface area contributed by atoms with Crippen LogP contribution in [-0.4, -0.2) is 30.9 Å². The van der Waals surface area contributed by atoms with E-state index in [0.29, 0.717) is 18.9 Å². The molecule has 16 heavy (non-hydrogen) atoms. The molecule has 0 heterocycles. The van der Waals surface area contributed by atoms with E-state index >= 15 is 0 Å². The summed E-state index contributed by atoms with van der Waals surface area (Å²) < 4.78 is 10.4. The molecule has 0 saturated carbocycles. The molecule has 3 N–H and O–H groups in total. The Bertz CT molecular complexity index is 365. The standard InChI is InChI=1S/C11H15NO4/c1-2-15-6-7-16-10-8(11(13)14)4-3-5-9(10)12/h3-5H,2,6-7,12H2,1H3,(H,13,14). The lowest BCUT2D eigenvalue weighted by atomic mass is 10.2. The number of carboxylic acids is 1. The Morgan fingerprint density at radius 3 is 2.81 bits per heavy atom. The van der Waals surface area contributed by atoms with Gasteiger partial charge in [0.25, 0.3) is 0 Å². The number of nitrogens with two attached hydrogens (primary N) is 1. The lowest BCUT2D eigenvalue weighted by Crippen LogP contribution is -2.11. The van der Waals surface area contributed by atoms with E-state index in [1.165, 1.54) is 6.07 Å². The third kappa shape index (κ3) is 3.13.